The molecule has 4 nitrogen and oxygen atoms in total. The minimum absolute atomic E-state index is 0.133. The fourth-order valence-electron chi connectivity index (χ4n) is 1.44. The molecule has 0 aliphatic carbocycles. The number of hydrogen-bond donors (Lipinski definition) is 2. The summed E-state index contributed by atoms with van der Waals surface area (Å²) in [4.78, 5) is 23.7. The van der Waals surface area contributed by atoms with Gasteiger partial charge in [0.05, 0.1) is 10.7 Å². The van der Waals surface area contributed by atoms with Crippen LogP contribution in [0.15, 0.2) is 18.2 Å². The number of hydrogen-bond acceptors (Lipinski definition) is 2. The Labute approximate surface area is 124 Å². The molecular weight excluding hydrogens is 276 g/mol. The second-order valence-electron chi connectivity index (χ2n) is 5.44. The van der Waals surface area contributed by atoms with Gasteiger partial charge < -0.3 is 10.6 Å². The molecule has 2 amide bonds. The van der Waals surface area contributed by atoms with Crippen LogP contribution in [-0.2, 0) is 4.79 Å². The number of anilines is 1. The van der Waals surface area contributed by atoms with E-state index in [-0.39, 0.29) is 17.7 Å². The topological polar surface area (TPSA) is 58.2 Å². The molecule has 1 aromatic rings. The van der Waals surface area contributed by atoms with Crippen molar-refractivity contribution in [3.05, 3.63) is 28.8 Å². The van der Waals surface area contributed by atoms with Gasteiger partial charge in [0, 0.05) is 18.0 Å². The van der Waals surface area contributed by atoms with Crippen molar-refractivity contribution >= 4 is 29.1 Å². The minimum atomic E-state index is -0.171. The van der Waals surface area contributed by atoms with Crippen molar-refractivity contribution in [3.8, 4) is 0 Å². The van der Waals surface area contributed by atoms with E-state index in [1.165, 1.54) is 0 Å². The van der Waals surface area contributed by atoms with Gasteiger partial charge >= 0.3 is 0 Å². The molecule has 110 valence electrons. The first-order chi connectivity index (χ1) is 9.31. The smallest absolute Gasteiger partial charge is 0.251 e. The van der Waals surface area contributed by atoms with Gasteiger partial charge in [-0.15, -0.1) is 0 Å². The Morgan fingerprint density at radius 2 is 1.85 bits per heavy atom. The summed E-state index contributed by atoms with van der Waals surface area (Å²) in [6.07, 6.45) is 0. The fourth-order valence-corrected chi connectivity index (χ4v) is 1.60. The zero-order valence-corrected chi connectivity index (χ0v) is 13.0. The summed E-state index contributed by atoms with van der Waals surface area (Å²) in [5.74, 6) is -0.0714. The van der Waals surface area contributed by atoms with E-state index in [0.717, 1.165) is 0 Å². The van der Waals surface area contributed by atoms with Crippen LogP contribution in [0.3, 0.4) is 0 Å². The van der Waals surface area contributed by atoms with Crippen LogP contribution in [0, 0.1) is 11.8 Å². The highest BCUT2D eigenvalue weighted by Crippen LogP contribution is 2.23. The largest absolute Gasteiger partial charge is 0.352 e. The van der Waals surface area contributed by atoms with Crippen molar-refractivity contribution in [1.82, 2.24) is 5.32 Å². The van der Waals surface area contributed by atoms with E-state index in [1.807, 2.05) is 13.8 Å². The molecule has 0 fully saturated rings. The third-order valence-corrected chi connectivity index (χ3v) is 3.01. The molecule has 0 unspecified atom stereocenters. The summed E-state index contributed by atoms with van der Waals surface area (Å²) in [5, 5.41) is 5.96. The van der Waals surface area contributed by atoms with Gasteiger partial charge in [-0.3, -0.25) is 9.59 Å². The molecule has 2 N–H and O–H groups in total. The van der Waals surface area contributed by atoms with E-state index in [4.69, 9.17) is 11.6 Å². The molecule has 0 saturated heterocycles. The first-order valence-electron chi connectivity index (χ1n) is 6.70. The molecule has 0 aromatic heterocycles. The van der Waals surface area contributed by atoms with E-state index >= 15 is 0 Å². The molecule has 1 aromatic carbocycles. The number of rotatable bonds is 5. The van der Waals surface area contributed by atoms with Crippen LogP contribution in [-0.4, -0.2) is 18.4 Å². The molecule has 0 saturated carbocycles. The summed E-state index contributed by atoms with van der Waals surface area (Å²) >= 11 is 6.03. The zero-order valence-electron chi connectivity index (χ0n) is 12.3. The number of halogens is 1. The average Bonchev–Trinajstić information content (AvgIpc) is 2.38. The summed E-state index contributed by atoms with van der Waals surface area (Å²) in [6.45, 7) is 8.24. The van der Waals surface area contributed by atoms with Crippen LogP contribution < -0.4 is 10.6 Å². The van der Waals surface area contributed by atoms with Crippen molar-refractivity contribution in [2.45, 2.75) is 27.7 Å². The first kappa shape index (κ1) is 16.5. The molecule has 0 aliphatic rings. The first-order valence-corrected chi connectivity index (χ1v) is 7.07. The maximum Gasteiger partial charge on any atom is 0.251 e. The van der Waals surface area contributed by atoms with Gasteiger partial charge in [-0.2, -0.15) is 0 Å². The Hall–Kier alpha value is -1.55. The minimum Gasteiger partial charge on any atom is -0.352 e. The van der Waals surface area contributed by atoms with E-state index in [9.17, 15) is 9.59 Å². The van der Waals surface area contributed by atoms with Crippen molar-refractivity contribution < 1.29 is 9.59 Å². The summed E-state index contributed by atoms with van der Waals surface area (Å²) in [6, 6.07) is 4.85. The molecule has 0 heterocycles. The highest BCUT2D eigenvalue weighted by atomic mass is 35.5. The number of nitrogens with one attached hydrogen (secondary N) is 2. The summed E-state index contributed by atoms with van der Waals surface area (Å²) in [7, 11) is 0. The highest BCUT2D eigenvalue weighted by molar-refractivity contribution is 6.33. The monoisotopic (exact) mass is 296 g/mol. The average molecular weight is 297 g/mol. The second-order valence-corrected chi connectivity index (χ2v) is 5.85. The molecule has 20 heavy (non-hydrogen) atoms. The quantitative estimate of drug-likeness (QED) is 0.875. The normalized spacial score (nSPS) is 10.8. The Morgan fingerprint density at radius 1 is 1.20 bits per heavy atom. The van der Waals surface area contributed by atoms with E-state index < -0.39 is 0 Å². The fraction of sp³-hybridized carbons (Fsp3) is 0.467. The third-order valence-electron chi connectivity index (χ3n) is 2.68. The van der Waals surface area contributed by atoms with Crippen LogP contribution in [0.4, 0.5) is 5.69 Å². The van der Waals surface area contributed by atoms with Gasteiger partial charge in [0.2, 0.25) is 5.91 Å². The second kappa shape index (κ2) is 7.29. The van der Waals surface area contributed by atoms with Crippen molar-refractivity contribution in [3.63, 3.8) is 0 Å². The lowest BCUT2D eigenvalue weighted by Gasteiger charge is -2.12. The van der Waals surface area contributed by atoms with Gasteiger partial charge in [0.25, 0.3) is 5.91 Å². The molecule has 0 bridgehead atoms. The van der Waals surface area contributed by atoms with Crippen LogP contribution in [0.2, 0.25) is 5.02 Å². The number of benzene rings is 1. The lowest BCUT2D eigenvalue weighted by Crippen LogP contribution is -2.27. The lowest BCUT2D eigenvalue weighted by molar-refractivity contribution is -0.118. The van der Waals surface area contributed by atoms with Crippen molar-refractivity contribution in [2.75, 3.05) is 11.9 Å². The van der Waals surface area contributed by atoms with E-state index in [1.54, 1.807) is 32.0 Å². The Morgan fingerprint density at radius 3 is 2.40 bits per heavy atom. The standard InChI is InChI=1S/C15H21ClN2O2/c1-9(2)8-17-15(20)11-5-6-12(16)13(7-11)18-14(19)10(3)4/h5-7,9-10H,8H2,1-4H3,(H,17,20)(H,18,19). The molecular formula is C15H21ClN2O2. The predicted octanol–water partition coefficient (Wildman–Crippen LogP) is 3.32. The Bertz CT molecular complexity index is 499. The Balaban J connectivity index is 2.85. The van der Waals surface area contributed by atoms with Gasteiger partial charge in [-0.1, -0.05) is 39.3 Å². The predicted molar refractivity (Wildman–Crippen MR) is 82.1 cm³/mol. The van der Waals surface area contributed by atoms with Crippen molar-refractivity contribution in [1.29, 1.82) is 0 Å². The lowest BCUT2D eigenvalue weighted by atomic mass is 10.1. The van der Waals surface area contributed by atoms with Crippen molar-refractivity contribution in [2.24, 2.45) is 11.8 Å². The number of carbonyl (C=O) groups is 2. The maximum absolute atomic E-state index is 12.0. The van der Waals surface area contributed by atoms with Crippen LogP contribution in [0.5, 0.6) is 0 Å². The molecule has 0 aliphatic heterocycles. The molecule has 0 radical (unpaired) electrons. The summed E-state index contributed by atoms with van der Waals surface area (Å²) in [5.41, 5.74) is 0.941. The molecule has 1 rings (SSSR count). The van der Waals surface area contributed by atoms with Crippen LogP contribution in [0.25, 0.3) is 0 Å². The highest BCUT2D eigenvalue weighted by Gasteiger charge is 2.13. The number of amides is 2. The van der Waals surface area contributed by atoms with Gasteiger partial charge in [0.15, 0.2) is 0 Å². The molecule has 0 spiro atoms. The SMILES string of the molecule is CC(C)CNC(=O)c1ccc(Cl)c(NC(=O)C(C)C)c1. The maximum atomic E-state index is 12.0. The molecule has 5 heteroatoms. The third kappa shape index (κ3) is 4.85. The van der Waals surface area contributed by atoms with Crippen LogP contribution >= 0.6 is 11.6 Å². The Kier molecular flexibility index (Phi) is 6.02. The summed E-state index contributed by atoms with van der Waals surface area (Å²) < 4.78 is 0. The zero-order chi connectivity index (χ0) is 15.3. The molecule has 0 atom stereocenters. The van der Waals surface area contributed by atoms with Gasteiger partial charge in [-0.25, -0.2) is 0 Å². The van der Waals surface area contributed by atoms with E-state index in [0.29, 0.717) is 28.7 Å². The van der Waals surface area contributed by atoms with Crippen LogP contribution in [0.1, 0.15) is 38.1 Å². The van der Waals surface area contributed by atoms with Gasteiger partial charge in [-0.05, 0) is 24.1 Å². The van der Waals surface area contributed by atoms with Gasteiger partial charge in [0.1, 0.15) is 0 Å². The number of carbonyl (C=O) groups excluding carboxylic acids is 2. The van der Waals surface area contributed by atoms with E-state index in [2.05, 4.69) is 10.6 Å².